The SMILES string of the molecule is CCCOCCOC(=O)OOOC(=O)c1ccccc1OCC. The number of hydrogen-bond donors (Lipinski definition) is 0. The Morgan fingerprint density at radius 3 is 2.52 bits per heavy atom. The van der Waals surface area contributed by atoms with Gasteiger partial charge < -0.3 is 14.2 Å². The van der Waals surface area contributed by atoms with Gasteiger partial charge >= 0.3 is 12.1 Å². The van der Waals surface area contributed by atoms with Crippen molar-refractivity contribution in [2.75, 3.05) is 26.4 Å². The maximum atomic E-state index is 11.8. The van der Waals surface area contributed by atoms with Crippen LogP contribution in [0.4, 0.5) is 4.79 Å². The normalized spacial score (nSPS) is 10.0. The van der Waals surface area contributed by atoms with Crippen molar-refractivity contribution in [1.29, 1.82) is 0 Å². The zero-order valence-corrected chi connectivity index (χ0v) is 13.1. The monoisotopic (exact) mass is 328 g/mol. The predicted molar refractivity (Wildman–Crippen MR) is 77.7 cm³/mol. The summed E-state index contributed by atoms with van der Waals surface area (Å²) in [5, 5.41) is 4.10. The summed E-state index contributed by atoms with van der Waals surface area (Å²) >= 11 is 0. The molecule has 0 spiro atoms. The lowest BCUT2D eigenvalue weighted by Crippen LogP contribution is -2.15. The van der Waals surface area contributed by atoms with Crippen LogP contribution in [0.1, 0.15) is 30.6 Å². The van der Waals surface area contributed by atoms with Gasteiger partial charge in [0.25, 0.3) is 0 Å². The van der Waals surface area contributed by atoms with E-state index in [2.05, 4.69) is 19.6 Å². The van der Waals surface area contributed by atoms with Crippen LogP contribution in [0, 0.1) is 0 Å². The highest BCUT2D eigenvalue weighted by atomic mass is 17.5. The van der Waals surface area contributed by atoms with Crippen molar-refractivity contribution in [2.24, 2.45) is 0 Å². The van der Waals surface area contributed by atoms with Gasteiger partial charge in [0.2, 0.25) is 0 Å². The lowest BCUT2D eigenvalue weighted by molar-refractivity contribution is -0.452. The van der Waals surface area contributed by atoms with Gasteiger partial charge in [-0.25, -0.2) is 14.5 Å². The Labute approximate surface area is 134 Å². The second-order valence-corrected chi connectivity index (χ2v) is 4.16. The first-order valence-corrected chi connectivity index (χ1v) is 7.20. The van der Waals surface area contributed by atoms with Gasteiger partial charge in [0, 0.05) is 6.61 Å². The Bertz CT molecular complexity index is 488. The molecule has 8 heteroatoms. The zero-order valence-electron chi connectivity index (χ0n) is 13.1. The van der Waals surface area contributed by atoms with Crippen LogP contribution in [-0.4, -0.2) is 38.6 Å². The van der Waals surface area contributed by atoms with Gasteiger partial charge in [-0.2, -0.15) is 0 Å². The highest BCUT2D eigenvalue weighted by Gasteiger charge is 2.16. The molecule has 1 aromatic carbocycles. The topological polar surface area (TPSA) is 89.5 Å². The fraction of sp³-hybridized carbons (Fsp3) is 0.467. The van der Waals surface area contributed by atoms with Crippen molar-refractivity contribution in [2.45, 2.75) is 20.3 Å². The van der Waals surface area contributed by atoms with Crippen molar-refractivity contribution < 1.29 is 38.6 Å². The molecular formula is C15H20O8. The Hall–Kier alpha value is -2.32. The van der Waals surface area contributed by atoms with Crippen molar-refractivity contribution in [3.63, 3.8) is 0 Å². The van der Waals surface area contributed by atoms with E-state index in [1.165, 1.54) is 6.07 Å². The van der Waals surface area contributed by atoms with E-state index in [0.29, 0.717) is 19.0 Å². The van der Waals surface area contributed by atoms with E-state index >= 15 is 0 Å². The molecule has 0 radical (unpaired) electrons. The number of carbonyl (C=O) groups is 2. The molecule has 0 aromatic heterocycles. The number of carbonyl (C=O) groups excluding carboxylic acids is 2. The summed E-state index contributed by atoms with van der Waals surface area (Å²) in [6.07, 6.45) is -0.275. The van der Waals surface area contributed by atoms with Crippen LogP contribution in [-0.2, 0) is 24.3 Å². The molecule has 0 saturated carbocycles. The molecular weight excluding hydrogens is 308 g/mol. The minimum Gasteiger partial charge on any atom is -0.493 e. The third-order valence-corrected chi connectivity index (χ3v) is 2.41. The molecule has 0 bridgehead atoms. The first-order valence-electron chi connectivity index (χ1n) is 7.20. The van der Waals surface area contributed by atoms with Gasteiger partial charge in [-0.15, -0.1) is 0 Å². The predicted octanol–water partition coefficient (Wildman–Crippen LogP) is 2.67. The summed E-state index contributed by atoms with van der Waals surface area (Å²) in [7, 11) is 0. The number of benzene rings is 1. The third kappa shape index (κ3) is 7.48. The van der Waals surface area contributed by atoms with Crippen molar-refractivity contribution in [1.82, 2.24) is 0 Å². The highest BCUT2D eigenvalue weighted by molar-refractivity contribution is 5.92. The summed E-state index contributed by atoms with van der Waals surface area (Å²) in [6.45, 7) is 4.94. The van der Waals surface area contributed by atoms with Crippen LogP contribution in [0.25, 0.3) is 0 Å². The largest absolute Gasteiger partial charge is 0.543 e. The summed E-state index contributed by atoms with van der Waals surface area (Å²) in [5.41, 5.74) is 0.138. The average molecular weight is 328 g/mol. The molecule has 0 saturated heterocycles. The average Bonchev–Trinajstić information content (AvgIpc) is 2.55. The standard InChI is InChI=1S/C15H20O8/c1-3-9-18-10-11-20-15(17)22-23-21-14(16)12-7-5-6-8-13(12)19-4-2/h5-8H,3-4,9-11H2,1-2H3. The maximum absolute atomic E-state index is 11.8. The Morgan fingerprint density at radius 1 is 1.00 bits per heavy atom. The fourth-order valence-corrected chi connectivity index (χ4v) is 1.49. The van der Waals surface area contributed by atoms with E-state index in [0.717, 1.165) is 6.42 Å². The first-order chi connectivity index (χ1) is 11.2. The lowest BCUT2D eigenvalue weighted by atomic mass is 10.2. The first kappa shape index (κ1) is 18.7. The maximum Gasteiger partial charge on any atom is 0.543 e. The molecule has 23 heavy (non-hydrogen) atoms. The minimum absolute atomic E-state index is 0.00329. The van der Waals surface area contributed by atoms with Crippen LogP contribution < -0.4 is 4.74 Å². The second-order valence-electron chi connectivity index (χ2n) is 4.16. The molecule has 0 heterocycles. The van der Waals surface area contributed by atoms with Crippen LogP contribution in [0.3, 0.4) is 0 Å². The van der Waals surface area contributed by atoms with E-state index in [4.69, 9.17) is 9.47 Å². The van der Waals surface area contributed by atoms with Gasteiger partial charge in [0.15, 0.2) is 0 Å². The summed E-state index contributed by atoms with van der Waals surface area (Å²) in [5.74, 6) is -0.535. The van der Waals surface area contributed by atoms with Gasteiger partial charge in [0.05, 0.1) is 18.3 Å². The minimum atomic E-state index is -1.14. The highest BCUT2D eigenvalue weighted by Crippen LogP contribution is 2.18. The van der Waals surface area contributed by atoms with E-state index in [1.807, 2.05) is 6.92 Å². The molecule has 128 valence electrons. The van der Waals surface area contributed by atoms with Gasteiger partial charge in [-0.3, -0.25) is 4.89 Å². The number of para-hydroxylation sites is 1. The second kappa shape index (κ2) is 11.3. The van der Waals surface area contributed by atoms with Crippen LogP contribution >= 0.6 is 0 Å². The fourth-order valence-electron chi connectivity index (χ4n) is 1.49. The molecule has 0 atom stereocenters. The molecule has 8 nitrogen and oxygen atoms in total. The Morgan fingerprint density at radius 2 is 1.78 bits per heavy atom. The van der Waals surface area contributed by atoms with E-state index in [-0.39, 0.29) is 18.8 Å². The van der Waals surface area contributed by atoms with E-state index in [1.54, 1.807) is 25.1 Å². The van der Waals surface area contributed by atoms with Gasteiger partial charge in [0.1, 0.15) is 17.9 Å². The Kier molecular flexibility index (Phi) is 9.18. The summed E-state index contributed by atoms with van der Waals surface area (Å²) in [4.78, 5) is 31.4. The molecule has 0 aliphatic heterocycles. The molecule has 0 amide bonds. The molecule has 0 N–H and O–H groups in total. The molecule has 0 unspecified atom stereocenters. The van der Waals surface area contributed by atoms with Crippen LogP contribution in [0.2, 0.25) is 0 Å². The van der Waals surface area contributed by atoms with Crippen molar-refractivity contribution >= 4 is 12.1 Å². The van der Waals surface area contributed by atoms with Crippen molar-refractivity contribution in [3.05, 3.63) is 29.8 Å². The van der Waals surface area contributed by atoms with Crippen LogP contribution in [0.5, 0.6) is 5.75 Å². The number of rotatable bonds is 10. The van der Waals surface area contributed by atoms with Gasteiger partial charge in [-0.1, -0.05) is 19.1 Å². The molecule has 0 fully saturated rings. The van der Waals surface area contributed by atoms with E-state index in [9.17, 15) is 9.59 Å². The smallest absolute Gasteiger partial charge is 0.493 e. The van der Waals surface area contributed by atoms with E-state index < -0.39 is 12.1 Å². The number of ether oxygens (including phenoxy) is 3. The summed E-state index contributed by atoms with van der Waals surface area (Å²) < 4.78 is 15.0. The third-order valence-electron chi connectivity index (χ3n) is 2.41. The van der Waals surface area contributed by atoms with Crippen LogP contribution in [0.15, 0.2) is 24.3 Å². The molecule has 0 aliphatic carbocycles. The molecule has 1 aromatic rings. The molecule has 0 aliphatic rings. The van der Waals surface area contributed by atoms with Gasteiger partial charge in [-0.05, 0) is 25.5 Å². The van der Waals surface area contributed by atoms with Crippen molar-refractivity contribution in [3.8, 4) is 5.75 Å². The zero-order chi connectivity index (χ0) is 16.9. The summed E-state index contributed by atoms with van der Waals surface area (Å²) in [6, 6.07) is 6.42. The quantitative estimate of drug-likeness (QED) is 0.280. The Balaban J connectivity index is 2.27. The lowest BCUT2D eigenvalue weighted by Gasteiger charge is -2.08. The number of hydrogen-bond acceptors (Lipinski definition) is 8. The molecule has 1 rings (SSSR count).